The normalized spacial score (nSPS) is 11.0. The van der Waals surface area contributed by atoms with Crippen LogP contribution < -0.4 is 5.32 Å². The summed E-state index contributed by atoms with van der Waals surface area (Å²) in [4.78, 5) is 11.8. The van der Waals surface area contributed by atoms with Crippen LogP contribution in [0.5, 0.6) is 11.5 Å². The number of carbonyl (C=O) groups is 1. The molecule has 0 aliphatic carbocycles. The highest BCUT2D eigenvalue weighted by molar-refractivity contribution is 6.32. The van der Waals surface area contributed by atoms with E-state index >= 15 is 0 Å². The molecule has 0 unspecified atom stereocenters. The Morgan fingerprint density at radius 2 is 2.24 bits per heavy atom. The van der Waals surface area contributed by atoms with Crippen molar-refractivity contribution >= 4 is 23.6 Å². The van der Waals surface area contributed by atoms with Crippen LogP contribution in [-0.2, 0) is 9.53 Å². The van der Waals surface area contributed by atoms with Crippen molar-refractivity contribution in [2.24, 2.45) is 0 Å². The number of hydrogen-bond donors (Lipinski definition) is 3. The number of halogens is 1. The zero-order valence-electron chi connectivity index (χ0n) is 11.4. The number of carbonyl (C=O) groups excluding carboxylic acids is 1. The third-order valence-corrected chi connectivity index (χ3v) is 2.84. The van der Waals surface area contributed by atoms with Crippen LogP contribution in [0.2, 0.25) is 5.02 Å². The average molecular weight is 311 g/mol. The van der Waals surface area contributed by atoms with Gasteiger partial charge in [-0.2, -0.15) is 5.26 Å². The fourth-order valence-electron chi connectivity index (χ4n) is 1.52. The van der Waals surface area contributed by atoms with Crippen LogP contribution in [0, 0.1) is 11.3 Å². The number of phenolic OH excluding ortho intramolecular Hbond substituents is 2. The van der Waals surface area contributed by atoms with Crippen molar-refractivity contribution in [1.82, 2.24) is 5.32 Å². The van der Waals surface area contributed by atoms with Crippen molar-refractivity contribution in [2.45, 2.75) is 6.42 Å². The molecule has 1 aromatic rings. The maximum absolute atomic E-state index is 11.8. The van der Waals surface area contributed by atoms with Gasteiger partial charge >= 0.3 is 0 Å². The van der Waals surface area contributed by atoms with E-state index in [4.69, 9.17) is 21.6 Å². The molecule has 0 atom stereocenters. The summed E-state index contributed by atoms with van der Waals surface area (Å²) >= 11 is 5.71. The van der Waals surface area contributed by atoms with Crippen LogP contribution in [0.15, 0.2) is 17.7 Å². The Morgan fingerprint density at radius 3 is 2.81 bits per heavy atom. The average Bonchev–Trinajstić information content (AvgIpc) is 2.46. The molecule has 112 valence electrons. The molecule has 0 fully saturated rings. The molecule has 6 nitrogen and oxygen atoms in total. The molecule has 7 heteroatoms. The van der Waals surface area contributed by atoms with Crippen LogP contribution >= 0.6 is 11.6 Å². The number of aromatic hydroxyl groups is 2. The van der Waals surface area contributed by atoms with Gasteiger partial charge < -0.3 is 20.3 Å². The van der Waals surface area contributed by atoms with Crippen molar-refractivity contribution < 1.29 is 19.7 Å². The van der Waals surface area contributed by atoms with Gasteiger partial charge in [0.1, 0.15) is 11.6 Å². The molecule has 0 heterocycles. The number of nitriles is 1. The van der Waals surface area contributed by atoms with E-state index in [2.05, 4.69) is 5.32 Å². The fraction of sp³-hybridized carbons (Fsp3) is 0.286. The van der Waals surface area contributed by atoms with E-state index in [0.29, 0.717) is 25.1 Å². The number of phenols is 2. The number of rotatable bonds is 6. The molecule has 0 aromatic heterocycles. The van der Waals surface area contributed by atoms with Gasteiger partial charge in [0.15, 0.2) is 11.5 Å². The first-order valence-electron chi connectivity index (χ1n) is 6.10. The van der Waals surface area contributed by atoms with E-state index in [0.717, 1.165) is 0 Å². The number of nitrogens with one attached hydrogen (secondary N) is 1. The van der Waals surface area contributed by atoms with Crippen LogP contribution in [0.25, 0.3) is 6.08 Å². The zero-order valence-corrected chi connectivity index (χ0v) is 12.1. The first-order chi connectivity index (χ1) is 9.99. The summed E-state index contributed by atoms with van der Waals surface area (Å²) in [7, 11) is 1.56. The van der Waals surface area contributed by atoms with Crippen molar-refractivity contribution in [1.29, 1.82) is 5.26 Å². The molecule has 1 rings (SSSR count). The minimum absolute atomic E-state index is 0.0703. The summed E-state index contributed by atoms with van der Waals surface area (Å²) in [6.45, 7) is 0.889. The maximum atomic E-state index is 11.8. The minimum Gasteiger partial charge on any atom is -0.504 e. The Kier molecular flexibility index (Phi) is 6.53. The SMILES string of the molecule is COCCCNC(=O)/C(C#N)=C/c1cc(O)c(O)c(Cl)c1. The number of methoxy groups -OCH3 is 1. The van der Waals surface area contributed by atoms with Gasteiger partial charge in [0.2, 0.25) is 0 Å². The van der Waals surface area contributed by atoms with Crippen molar-refractivity contribution in [3.05, 3.63) is 28.3 Å². The standard InChI is InChI=1S/C14H15ClN2O4/c1-21-4-2-3-17-14(20)10(8-16)5-9-6-11(15)13(19)12(18)7-9/h5-7,18-19H,2-4H2,1H3,(H,17,20)/b10-5+. The largest absolute Gasteiger partial charge is 0.504 e. The van der Waals surface area contributed by atoms with Gasteiger partial charge in [-0.15, -0.1) is 0 Å². The molecule has 0 saturated heterocycles. The van der Waals surface area contributed by atoms with E-state index in [-0.39, 0.29) is 10.6 Å². The van der Waals surface area contributed by atoms with Crippen LogP contribution in [0.4, 0.5) is 0 Å². The Morgan fingerprint density at radius 1 is 1.52 bits per heavy atom. The summed E-state index contributed by atoms with van der Waals surface area (Å²) in [6, 6.07) is 4.32. The summed E-state index contributed by atoms with van der Waals surface area (Å²) in [6.07, 6.45) is 1.91. The Hall–Kier alpha value is -2.23. The number of amides is 1. The lowest BCUT2D eigenvalue weighted by atomic mass is 10.1. The molecule has 0 spiro atoms. The Labute approximate surface area is 127 Å². The number of benzene rings is 1. The molecule has 1 aromatic carbocycles. The predicted molar refractivity (Wildman–Crippen MR) is 77.9 cm³/mol. The molecule has 0 saturated carbocycles. The van der Waals surface area contributed by atoms with Crippen molar-refractivity contribution in [3.63, 3.8) is 0 Å². The molecule has 1 amide bonds. The number of ether oxygens (including phenoxy) is 1. The molecule has 0 aliphatic rings. The van der Waals surface area contributed by atoms with Gasteiger partial charge in [-0.25, -0.2) is 0 Å². The van der Waals surface area contributed by atoms with Crippen LogP contribution in [-0.4, -0.2) is 36.4 Å². The van der Waals surface area contributed by atoms with Gasteiger partial charge in [0, 0.05) is 20.3 Å². The molecule has 21 heavy (non-hydrogen) atoms. The summed E-state index contributed by atoms with van der Waals surface area (Å²) in [5.74, 6) is -1.40. The minimum atomic E-state index is -0.530. The predicted octanol–water partition coefficient (Wildman–Crippen LogP) is 1.81. The summed E-state index contributed by atoms with van der Waals surface area (Å²) < 4.78 is 4.85. The molecule has 0 bridgehead atoms. The second-order valence-corrected chi connectivity index (χ2v) is 4.55. The lowest BCUT2D eigenvalue weighted by molar-refractivity contribution is -0.117. The molecular formula is C14H15ClN2O4. The quantitative estimate of drug-likeness (QED) is 0.322. The van der Waals surface area contributed by atoms with Gasteiger partial charge in [0.05, 0.1) is 5.02 Å². The van der Waals surface area contributed by atoms with Crippen LogP contribution in [0.1, 0.15) is 12.0 Å². The zero-order chi connectivity index (χ0) is 15.8. The van der Waals surface area contributed by atoms with E-state index in [1.807, 2.05) is 0 Å². The molecule has 0 aliphatic heterocycles. The van der Waals surface area contributed by atoms with E-state index in [1.54, 1.807) is 13.2 Å². The number of hydrogen-bond acceptors (Lipinski definition) is 5. The smallest absolute Gasteiger partial charge is 0.261 e. The van der Waals surface area contributed by atoms with Crippen LogP contribution in [0.3, 0.4) is 0 Å². The first-order valence-corrected chi connectivity index (χ1v) is 6.47. The highest BCUT2D eigenvalue weighted by Crippen LogP contribution is 2.34. The second-order valence-electron chi connectivity index (χ2n) is 4.14. The third kappa shape index (κ3) is 4.99. The maximum Gasteiger partial charge on any atom is 0.261 e. The van der Waals surface area contributed by atoms with E-state index in [9.17, 15) is 15.0 Å². The number of nitrogens with zero attached hydrogens (tertiary/aromatic N) is 1. The summed E-state index contributed by atoms with van der Waals surface area (Å²) in [5, 5.41) is 30.3. The monoisotopic (exact) mass is 310 g/mol. The molecule has 3 N–H and O–H groups in total. The van der Waals surface area contributed by atoms with Gasteiger partial charge in [-0.3, -0.25) is 4.79 Å². The first kappa shape index (κ1) is 16.8. The van der Waals surface area contributed by atoms with Crippen molar-refractivity contribution in [2.75, 3.05) is 20.3 Å². The van der Waals surface area contributed by atoms with Gasteiger partial charge in [-0.1, -0.05) is 11.6 Å². The third-order valence-electron chi connectivity index (χ3n) is 2.55. The van der Waals surface area contributed by atoms with E-state index < -0.39 is 17.4 Å². The topological polar surface area (TPSA) is 103 Å². The molecule has 0 radical (unpaired) electrons. The lowest BCUT2D eigenvalue weighted by Gasteiger charge is -2.05. The Balaban J connectivity index is 2.84. The second kappa shape index (κ2) is 8.15. The highest BCUT2D eigenvalue weighted by atomic mass is 35.5. The van der Waals surface area contributed by atoms with Gasteiger partial charge in [-0.05, 0) is 30.2 Å². The van der Waals surface area contributed by atoms with Crippen molar-refractivity contribution in [3.8, 4) is 17.6 Å². The fourth-order valence-corrected chi connectivity index (χ4v) is 1.74. The van der Waals surface area contributed by atoms with E-state index in [1.165, 1.54) is 18.2 Å². The lowest BCUT2D eigenvalue weighted by Crippen LogP contribution is -2.26. The van der Waals surface area contributed by atoms with Gasteiger partial charge in [0.25, 0.3) is 5.91 Å². The summed E-state index contributed by atoms with van der Waals surface area (Å²) in [5.41, 5.74) is 0.201. The Bertz CT molecular complexity index is 570. The highest BCUT2D eigenvalue weighted by Gasteiger charge is 2.11. The molecular weight excluding hydrogens is 296 g/mol.